The zero-order valence-corrected chi connectivity index (χ0v) is 12.2. The summed E-state index contributed by atoms with van der Waals surface area (Å²) in [5.41, 5.74) is 7.05. The van der Waals surface area contributed by atoms with Gasteiger partial charge in [-0.1, -0.05) is 12.8 Å². The lowest BCUT2D eigenvalue weighted by atomic mass is 9.98. The molecule has 1 unspecified atom stereocenters. The van der Waals surface area contributed by atoms with Crippen molar-refractivity contribution in [1.29, 1.82) is 0 Å². The summed E-state index contributed by atoms with van der Waals surface area (Å²) in [6.07, 6.45) is 5.04. The van der Waals surface area contributed by atoms with Crippen LogP contribution in [0.4, 0.5) is 5.82 Å². The van der Waals surface area contributed by atoms with Crippen LogP contribution in [0, 0.1) is 12.8 Å². The Morgan fingerprint density at radius 3 is 2.75 bits per heavy atom. The van der Waals surface area contributed by atoms with Crippen LogP contribution in [0.15, 0.2) is 12.1 Å². The number of methoxy groups -OCH3 is 1. The van der Waals surface area contributed by atoms with Crippen LogP contribution < -0.4 is 11.1 Å². The zero-order chi connectivity index (χ0) is 14.5. The first-order valence-corrected chi connectivity index (χ1v) is 7.18. The number of aryl methyl sites for hydroxylation is 1. The lowest BCUT2D eigenvalue weighted by Gasteiger charge is -2.24. The molecule has 1 aromatic rings. The van der Waals surface area contributed by atoms with Gasteiger partial charge in [-0.25, -0.2) is 9.78 Å². The predicted molar refractivity (Wildman–Crippen MR) is 78.7 cm³/mol. The Morgan fingerprint density at radius 2 is 2.20 bits per heavy atom. The van der Waals surface area contributed by atoms with Gasteiger partial charge in [0.05, 0.1) is 18.4 Å². The molecule has 0 bridgehead atoms. The van der Waals surface area contributed by atoms with Gasteiger partial charge in [-0.15, -0.1) is 0 Å². The molecule has 20 heavy (non-hydrogen) atoms. The van der Waals surface area contributed by atoms with Gasteiger partial charge in [0, 0.05) is 12.6 Å². The number of carbonyl (C=O) groups is 1. The maximum Gasteiger partial charge on any atom is 0.339 e. The topological polar surface area (TPSA) is 77.2 Å². The number of hydrogen-bond acceptors (Lipinski definition) is 5. The molecular weight excluding hydrogens is 254 g/mol. The van der Waals surface area contributed by atoms with Crippen molar-refractivity contribution in [1.82, 2.24) is 4.98 Å². The average Bonchev–Trinajstić information content (AvgIpc) is 2.98. The van der Waals surface area contributed by atoms with Gasteiger partial charge >= 0.3 is 5.97 Å². The monoisotopic (exact) mass is 277 g/mol. The smallest absolute Gasteiger partial charge is 0.339 e. The van der Waals surface area contributed by atoms with Crippen LogP contribution in [0.5, 0.6) is 0 Å². The normalized spacial score (nSPS) is 16.9. The Balaban J connectivity index is 2.08. The third kappa shape index (κ3) is 3.28. The Morgan fingerprint density at radius 1 is 1.50 bits per heavy atom. The van der Waals surface area contributed by atoms with E-state index in [9.17, 15) is 4.79 Å². The van der Waals surface area contributed by atoms with Gasteiger partial charge in [-0.2, -0.15) is 0 Å². The van der Waals surface area contributed by atoms with E-state index in [4.69, 9.17) is 10.5 Å². The molecule has 1 heterocycles. The summed E-state index contributed by atoms with van der Waals surface area (Å²) >= 11 is 0. The van der Waals surface area contributed by atoms with Gasteiger partial charge in [-0.3, -0.25) is 0 Å². The van der Waals surface area contributed by atoms with Crippen molar-refractivity contribution in [2.45, 2.75) is 38.6 Å². The van der Waals surface area contributed by atoms with E-state index >= 15 is 0 Å². The Kier molecular flexibility index (Phi) is 4.95. The number of anilines is 1. The Hall–Kier alpha value is -1.62. The number of pyridine rings is 1. The molecule has 1 aromatic heterocycles. The highest BCUT2D eigenvalue weighted by Crippen LogP contribution is 2.29. The molecule has 2 rings (SSSR count). The van der Waals surface area contributed by atoms with Crippen molar-refractivity contribution < 1.29 is 9.53 Å². The van der Waals surface area contributed by atoms with Gasteiger partial charge < -0.3 is 15.8 Å². The third-order valence-corrected chi connectivity index (χ3v) is 4.05. The molecule has 1 saturated carbocycles. The number of ether oxygens (including phenoxy) is 1. The molecule has 5 heteroatoms. The summed E-state index contributed by atoms with van der Waals surface area (Å²) in [5, 5.41) is 3.41. The molecule has 0 aromatic carbocycles. The van der Waals surface area contributed by atoms with Gasteiger partial charge in [0.25, 0.3) is 0 Å². The number of nitrogens with one attached hydrogen (secondary N) is 1. The van der Waals surface area contributed by atoms with E-state index in [0.717, 1.165) is 5.82 Å². The van der Waals surface area contributed by atoms with E-state index in [1.54, 1.807) is 6.07 Å². The van der Waals surface area contributed by atoms with Crippen molar-refractivity contribution in [2.24, 2.45) is 11.7 Å². The van der Waals surface area contributed by atoms with Gasteiger partial charge in [0.15, 0.2) is 0 Å². The summed E-state index contributed by atoms with van der Waals surface area (Å²) in [6, 6.07) is 3.82. The first-order valence-electron chi connectivity index (χ1n) is 7.18. The second-order valence-corrected chi connectivity index (χ2v) is 5.35. The van der Waals surface area contributed by atoms with Crippen LogP contribution in [0.25, 0.3) is 0 Å². The molecule has 0 amide bonds. The Bertz CT molecular complexity index is 470. The molecule has 1 aliphatic rings. The number of hydrogen-bond donors (Lipinski definition) is 2. The van der Waals surface area contributed by atoms with Crippen LogP contribution >= 0.6 is 0 Å². The second kappa shape index (κ2) is 6.70. The minimum Gasteiger partial charge on any atom is -0.465 e. The molecule has 0 radical (unpaired) electrons. The molecule has 0 spiro atoms. The van der Waals surface area contributed by atoms with Gasteiger partial charge in [0.2, 0.25) is 0 Å². The number of esters is 1. The fourth-order valence-electron chi connectivity index (χ4n) is 2.89. The average molecular weight is 277 g/mol. The van der Waals surface area contributed by atoms with E-state index < -0.39 is 0 Å². The summed E-state index contributed by atoms with van der Waals surface area (Å²) in [5.74, 6) is 1.05. The van der Waals surface area contributed by atoms with Gasteiger partial charge in [-0.05, 0) is 37.8 Å². The van der Waals surface area contributed by atoms with E-state index in [1.807, 2.05) is 13.0 Å². The van der Waals surface area contributed by atoms with Crippen LogP contribution in [-0.2, 0) is 4.74 Å². The number of nitrogens with zero attached hydrogens (tertiary/aromatic N) is 1. The van der Waals surface area contributed by atoms with Crippen molar-refractivity contribution in [3.05, 3.63) is 23.4 Å². The number of carbonyl (C=O) groups excluding carboxylic acids is 1. The SMILES string of the molecule is COC(=O)c1ccc(NC(CN)C2CCCC2)nc1C. The summed E-state index contributed by atoms with van der Waals surface area (Å²) in [7, 11) is 1.37. The lowest BCUT2D eigenvalue weighted by Crippen LogP contribution is -2.35. The second-order valence-electron chi connectivity index (χ2n) is 5.35. The number of rotatable bonds is 5. The maximum atomic E-state index is 11.5. The molecule has 0 aliphatic heterocycles. The molecule has 5 nitrogen and oxygen atoms in total. The van der Waals surface area contributed by atoms with Crippen molar-refractivity contribution in [3.63, 3.8) is 0 Å². The summed E-state index contributed by atoms with van der Waals surface area (Å²) < 4.78 is 4.72. The first kappa shape index (κ1) is 14.8. The van der Waals surface area contributed by atoms with Crippen molar-refractivity contribution in [2.75, 3.05) is 19.0 Å². The molecule has 0 saturated heterocycles. The quantitative estimate of drug-likeness (QED) is 0.806. The zero-order valence-electron chi connectivity index (χ0n) is 12.2. The minimum atomic E-state index is -0.354. The van der Waals surface area contributed by atoms with Gasteiger partial charge in [0.1, 0.15) is 5.82 Å². The molecule has 1 atom stereocenters. The van der Waals surface area contributed by atoms with E-state index in [0.29, 0.717) is 23.7 Å². The van der Waals surface area contributed by atoms with Crippen LogP contribution in [0.1, 0.15) is 41.7 Å². The lowest BCUT2D eigenvalue weighted by molar-refractivity contribution is 0.0599. The molecule has 1 aliphatic carbocycles. The molecule has 3 N–H and O–H groups in total. The third-order valence-electron chi connectivity index (χ3n) is 4.05. The Labute approximate surface area is 119 Å². The van der Waals surface area contributed by atoms with E-state index in [-0.39, 0.29) is 12.0 Å². The number of aromatic nitrogens is 1. The van der Waals surface area contributed by atoms with Crippen LogP contribution in [0.3, 0.4) is 0 Å². The molecule has 1 fully saturated rings. The first-order chi connectivity index (χ1) is 9.65. The highest BCUT2D eigenvalue weighted by Gasteiger charge is 2.24. The summed E-state index contributed by atoms with van der Waals surface area (Å²) in [4.78, 5) is 16.0. The fourth-order valence-corrected chi connectivity index (χ4v) is 2.89. The largest absolute Gasteiger partial charge is 0.465 e. The number of nitrogens with two attached hydrogens (primary N) is 1. The standard InChI is InChI=1S/C15H23N3O2/c1-10-12(15(19)20-2)7-8-14(17-10)18-13(9-16)11-5-3-4-6-11/h7-8,11,13H,3-6,9,16H2,1-2H3,(H,17,18). The van der Waals surface area contributed by atoms with E-state index in [2.05, 4.69) is 10.3 Å². The fraction of sp³-hybridized carbons (Fsp3) is 0.600. The van der Waals surface area contributed by atoms with Crippen molar-refractivity contribution >= 4 is 11.8 Å². The highest BCUT2D eigenvalue weighted by molar-refractivity contribution is 5.90. The van der Waals surface area contributed by atoms with Crippen LogP contribution in [-0.4, -0.2) is 30.6 Å². The molecular formula is C15H23N3O2. The maximum absolute atomic E-state index is 11.5. The van der Waals surface area contributed by atoms with Crippen LogP contribution in [0.2, 0.25) is 0 Å². The minimum absolute atomic E-state index is 0.258. The predicted octanol–water partition coefficient (Wildman–Crippen LogP) is 2.11. The highest BCUT2D eigenvalue weighted by atomic mass is 16.5. The van der Waals surface area contributed by atoms with E-state index in [1.165, 1.54) is 32.8 Å². The molecule has 110 valence electrons. The van der Waals surface area contributed by atoms with Crippen molar-refractivity contribution in [3.8, 4) is 0 Å². The summed E-state index contributed by atoms with van der Waals surface area (Å²) in [6.45, 7) is 2.41.